The van der Waals surface area contributed by atoms with Crippen LogP contribution >= 0.6 is 0 Å². The summed E-state index contributed by atoms with van der Waals surface area (Å²) < 4.78 is 32.4. The number of morpholine rings is 1. The van der Waals surface area contributed by atoms with Crippen molar-refractivity contribution in [1.29, 1.82) is 0 Å². The number of hydrogen-bond donors (Lipinski definition) is 1. The Kier molecular flexibility index (Phi) is 6.40. The largest absolute Gasteiger partial charge is 0.385 e. The van der Waals surface area contributed by atoms with E-state index in [1.807, 2.05) is 24.3 Å². The lowest BCUT2D eigenvalue weighted by atomic mass is 10.0. The first-order valence-electron chi connectivity index (χ1n) is 10.3. The van der Waals surface area contributed by atoms with E-state index in [2.05, 4.69) is 29.5 Å². The number of benzene rings is 2. The number of fused-ring (bicyclic) bond motifs is 1. The zero-order valence-corrected chi connectivity index (χ0v) is 18.7. The number of carbonyl (C=O) groups excluding carboxylic acids is 1. The smallest absolute Gasteiger partial charge is 0.265 e. The lowest BCUT2D eigenvalue weighted by Crippen LogP contribution is -2.40. The molecule has 2 aromatic carbocycles. The number of nitrogens with one attached hydrogen (secondary N) is 1. The second-order valence-corrected chi connectivity index (χ2v) is 9.67. The van der Waals surface area contributed by atoms with E-state index in [-0.39, 0.29) is 17.4 Å². The lowest BCUT2D eigenvalue weighted by molar-refractivity contribution is -0.121. The van der Waals surface area contributed by atoms with Crippen LogP contribution in [0.5, 0.6) is 0 Å². The number of carbonyl (C=O) groups is 1. The Hall–Kier alpha value is -3.02. The molecule has 0 spiro atoms. The zero-order chi connectivity index (χ0) is 22.7. The molecule has 1 N–H and O–H groups in total. The van der Waals surface area contributed by atoms with E-state index in [1.165, 1.54) is 22.0 Å². The van der Waals surface area contributed by atoms with E-state index in [1.54, 1.807) is 6.07 Å². The minimum Gasteiger partial charge on any atom is -0.385 e. The highest BCUT2D eigenvalue weighted by atomic mass is 32.2. The summed E-state index contributed by atoms with van der Waals surface area (Å²) in [6.45, 7) is 5.20. The molecule has 170 valence electrons. The van der Waals surface area contributed by atoms with E-state index < -0.39 is 10.0 Å². The Morgan fingerprint density at radius 3 is 2.56 bits per heavy atom. The Balaban J connectivity index is 1.45. The summed E-state index contributed by atoms with van der Waals surface area (Å²) in [5.74, 6) is 0.0312. The van der Waals surface area contributed by atoms with Gasteiger partial charge in [0.05, 0.1) is 18.1 Å². The Bertz CT molecular complexity index is 1200. The predicted molar refractivity (Wildman–Crippen MR) is 118 cm³/mol. The van der Waals surface area contributed by atoms with Gasteiger partial charge in [-0.3, -0.25) is 4.79 Å². The van der Waals surface area contributed by atoms with Crippen molar-refractivity contribution in [1.82, 2.24) is 19.5 Å². The molecule has 2 heterocycles. The third-order valence-corrected chi connectivity index (χ3v) is 7.07. The van der Waals surface area contributed by atoms with Crippen LogP contribution in [-0.4, -0.2) is 66.7 Å². The molecule has 0 bridgehead atoms. The summed E-state index contributed by atoms with van der Waals surface area (Å²) in [6.07, 6.45) is 0. The predicted octanol–water partition coefficient (Wildman–Crippen LogP) is 1.64. The standard InChI is InChI=1S/C21H25N5O5S/c1-15(2)16-3-5-17(6-4-16)22-21(27)14-31-26-20-13-18(7-8-19(20)23-24-26)32(28,29)25-9-11-30-12-10-25/h3-8,13,15H,9-12,14H2,1-2H3,(H,22,27). The van der Waals surface area contributed by atoms with Crippen molar-refractivity contribution in [3.05, 3.63) is 48.0 Å². The fraction of sp³-hybridized carbons (Fsp3) is 0.381. The summed E-state index contributed by atoms with van der Waals surface area (Å²) in [6, 6.07) is 12.1. The Morgan fingerprint density at radius 1 is 1.16 bits per heavy atom. The van der Waals surface area contributed by atoms with Gasteiger partial charge in [-0.1, -0.05) is 30.8 Å². The van der Waals surface area contributed by atoms with Crippen LogP contribution in [0.2, 0.25) is 0 Å². The van der Waals surface area contributed by atoms with Crippen LogP contribution in [0.4, 0.5) is 5.69 Å². The highest BCUT2D eigenvalue weighted by Gasteiger charge is 2.27. The molecule has 3 aromatic rings. The summed E-state index contributed by atoms with van der Waals surface area (Å²) in [4.78, 5) is 18.9. The van der Waals surface area contributed by atoms with Gasteiger partial charge in [0.25, 0.3) is 5.91 Å². The van der Waals surface area contributed by atoms with Gasteiger partial charge in [-0.05, 0) is 47.0 Å². The van der Waals surface area contributed by atoms with Crippen LogP contribution in [0.25, 0.3) is 11.0 Å². The summed E-state index contributed by atoms with van der Waals surface area (Å²) in [5, 5.41) is 10.6. The molecule has 0 unspecified atom stereocenters. The highest BCUT2D eigenvalue weighted by molar-refractivity contribution is 7.89. The first kappa shape index (κ1) is 22.2. The molecule has 1 fully saturated rings. The second kappa shape index (κ2) is 9.23. The van der Waals surface area contributed by atoms with Crippen molar-refractivity contribution in [2.45, 2.75) is 24.7 Å². The number of ether oxygens (including phenoxy) is 1. The van der Waals surface area contributed by atoms with E-state index in [4.69, 9.17) is 9.57 Å². The molecule has 1 saturated heterocycles. The minimum atomic E-state index is -3.68. The average Bonchev–Trinajstić information content (AvgIpc) is 3.21. The zero-order valence-electron chi connectivity index (χ0n) is 17.9. The molecule has 0 aliphatic carbocycles. The van der Waals surface area contributed by atoms with Crippen LogP contribution in [0, 0.1) is 0 Å². The van der Waals surface area contributed by atoms with E-state index in [0.717, 1.165) is 4.85 Å². The van der Waals surface area contributed by atoms with Gasteiger partial charge >= 0.3 is 0 Å². The maximum Gasteiger partial charge on any atom is 0.265 e. The van der Waals surface area contributed by atoms with E-state index in [9.17, 15) is 13.2 Å². The summed E-state index contributed by atoms with van der Waals surface area (Å²) in [7, 11) is -3.68. The van der Waals surface area contributed by atoms with Gasteiger partial charge in [-0.2, -0.15) is 4.31 Å². The third kappa shape index (κ3) is 4.74. The fourth-order valence-electron chi connectivity index (χ4n) is 3.34. The van der Waals surface area contributed by atoms with E-state index in [0.29, 0.717) is 48.9 Å². The van der Waals surface area contributed by atoms with Crippen LogP contribution in [0.15, 0.2) is 47.4 Å². The molecule has 10 nitrogen and oxygen atoms in total. The second-order valence-electron chi connectivity index (χ2n) is 7.73. The maximum atomic E-state index is 12.9. The van der Waals surface area contributed by atoms with Crippen molar-refractivity contribution < 1.29 is 22.8 Å². The monoisotopic (exact) mass is 459 g/mol. The molecular weight excluding hydrogens is 434 g/mol. The topological polar surface area (TPSA) is 116 Å². The SMILES string of the molecule is CC(C)c1ccc(NC(=O)COn2nnc3ccc(S(=O)(=O)N4CCOCC4)cc32)cc1. The lowest BCUT2D eigenvalue weighted by Gasteiger charge is -2.26. The van der Waals surface area contributed by atoms with Crippen molar-refractivity contribution in [3.8, 4) is 0 Å². The van der Waals surface area contributed by atoms with E-state index >= 15 is 0 Å². The molecule has 1 amide bonds. The quantitative estimate of drug-likeness (QED) is 0.571. The molecule has 32 heavy (non-hydrogen) atoms. The Morgan fingerprint density at radius 2 is 1.88 bits per heavy atom. The number of amides is 1. The van der Waals surface area contributed by atoms with Gasteiger partial charge in [0.2, 0.25) is 10.0 Å². The van der Waals surface area contributed by atoms with Crippen LogP contribution in [0.1, 0.15) is 25.3 Å². The summed E-state index contributed by atoms with van der Waals surface area (Å²) in [5.41, 5.74) is 2.64. The molecule has 1 aliphatic heterocycles. The number of nitrogens with zero attached hydrogens (tertiary/aromatic N) is 4. The number of rotatable bonds is 7. The molecule has 1 aliphatic rings. The van der Waals surface area contributed by atoms with Crippen molar-refractivity contribution >= 4 is 32.7 Å². The maximum absolute atomic E-state index is 12.9. The van der Waals surface area contributed by atoms with Crippen LogP contribution in [-0.2, 0) is 19.6 Å². The fourth-order valence-corrected chi connectivity index (χ4v) is 4.77. The van der Waals surface area contributed by atoms with Crippen LogP contribution in [0.3, 0.4) is 0 Å². The van der Waals surface area contributed by atoms with Gasteiger partial charge in [-0.15, -0.1) is 5.10 Å². The number of anilines is 1. The number of sulfonamides is 1. The van der Waals surface area contributed by atoms with Crippen molar-refractivity contribution in [3.63, 3.8) is 0 Å². The molecule has 1 aromatic heterocycles. The van der Waals surface area contributed by atoms with Gasteiger partial charge in [0.1, 0.15) is 11.0 Å². The molecular formula is C21H25N5O5S. The Labute approximate surface area is 186 Å². The third-order valence-electron chi connectivity index (χ3n) is 5.17. The van der Waals surface area contributed by atoms with Gasteiger partial charge < -0.3 is 14.9 Å². The molecule has 0 atom stereocenters. The highest BCUT2D eigenvalue weighted by Crippen LogP contribution is 2.21. The molecule has 0 saturated carbocycles. The first-order valence-corrected chi connectivity index (χ1v) is 11.7. The van der Waals surface area contributed by atoms with Gasteiger partial charge in [-0.25, -0.2) is 8.42 Å². The average molecular weight is 460 g/mol. The molecule has 11 heteroatoms. The normalized spacial score (nSPS) is 15.2. The molecule has 4 rings (SSSR count). The first-order chi connectivity index (χ1) is 15.3. The van der Waals surface area contributed by atoms with Gasteiger partial charge in [0.15, 0.2) is 6.61 Å². The van der Waals surface area contributed by atoms with Crippen molar-refractivity contribution in [2.24, 2.45) is 0 Å². The van der Waals surface area contributed by atoms with Crippen molar-refractivity contribution in [2.75, 3.05) is 38.2 Å². The van der Waals surface area contributed by atoms with Gasteiger partial charge in [0, 0.05) is 18.8 Å². The van der Waals surface area contributed by atoms with Crippen LogP contribution < -0.4 is 10.2 Å². The molecule has 0 radical (unpaired) electrons. The number of hydrogen-bond acceptors (Lipinski definition) is 7. The number of aromatic nitrogens is 3. The summed E-state index contributed by atoms with van der Waals surface area (Å²) >= 11 is 0. The minimum absolute atomic E-state index is 0.105.